The van der Waals surface area contributed by atoms with Gasteiger partial charge in [-0.05, 0) is 45.6 Å². The van der Waals surface area contributed by atoms with Crippen LogP contribution in [0.3, 0.4) is 0 Å². The number of halogens is 2. The molecule has 0 amide bonds. The highest BCUT2D eigenvalue weighted by atomic mass is 79.9. The van der Waals surface area contributed by atoms with Gasteiger partial charge in [0, 0.05) is 4.47 Å². The molecule has 0 saturated carbocycles. The SMILES string of the molecule is O=S(=O)(Nc1ccc(O)c(Cl)c1)c1sccc1Br. The summed E-state index contributed by atoms with van der Waals surface area (Å²) in [6.07, 6.45) is 0. The third kappa shape index (κ3) is 2.80. The minimum absolute atomic E-state index is 0.0837. The van der Waals surface area contributed by atoms with Gasteiger partial charge in [-0.3, -0.25) is 4.72 Å². The van der Waals surface area contributed by atoms with Gasteiger partial charge in [0.25, 0.3) is 10.0 Å². The fourth-order valence-corrected chi connectivity index (χ4v) is 4.81. The maximum atomic E-state index is 12.0. The number of rotatable bonds is 3. The second kappa shape index (κ2) is 5.08. The summed E-state index contributed by atoms with van der Waals surface area (Å²) in [5, 5.41) is 11.0. The van der Waals surface area contributed by atoms with Crippen molar-refractivity contribution < 1.29 is 13.5 Å². The largest absolute Gasteiger partial charge is 0.506 e. The van der Waals surface area contributed by atoms with Crippen molar-refractivity contribution in [3.05, 3.63) is 39.1 Å². The molecule has 2 rings (SSSR count). The number of sulfonamides is 1. The Bertz CT molecular complexity index is 684. The Kier molecular flexibility index (Phi) is 3.86. The van der Waals surface area contributed by atoms with Crippen LogP contribution in [0.25, 0.3) is 0 Å². The van der Waals surface area contributed by atoms with E-state index in [1.54, 1.807) is 11.4 Å². The molecule has 96 valence electrons. The summed E-state index contributed by atoms with van der Waals surface area (Å²) in [5.41, 5.74) is 0.290. The van der Waals surface area contributed by atoms with Gasteiger partial charge in [-0.1, -0.05) is 11.6 Å². The molecular weight excluding hydrogens is 362 g/mol. The molecule has 0 aliphatic rings. The van der Waals surface area contributed by atoms with E-state index in [2.05, 4.69) is 20.7 Å². The van der Waals surface area contributed by atoms with Crippen molar-refractivity contribution >= 4 is 54.6 Å². The average molecular weight is 369 g/mol. The van der Waals surface area contributed by atoms with E-state index in [1.807, 2.05) is 0 Å². The molecule has 1 aromatic heterocycles. The standard InChI is InChI=1S/C10H7BrClNO3S2/c11-7-3-4-17-10(7)18(15,16)13-6-1-2-9(14)8(12)5-6/h1-5,13-14H. The van der Waals surface area contributed by atoms with Crippen LogP contribution in [-0.4, -0.2) is 13.5 Å². The summed E-state index contributed by atoms with van der Waals surface area (Å²) in [4.78, 5) is 0. The van der Waals surface area contributed by atoms with Crippen LogP contribution >= 0.6 is 38.9 Å². The van der Waals surface area contributed by atoms with Crippen LogP contribution in [0.1, 0.15) is 0 Å². The molecule has 0 saturated heterocycles. The number of hydrogen-bond acceptors (Lipinski definition) is 4. The van der Waals surface area contributed by atoms with E-state index in [9.17, 15) is 13.5 Å². The minimum Gasteiger partial charge on any atom is -0.506 e. The number of nitrogens with one attached hydrogen (secondary N) is 1. The van der Waals surface area contributed by atoms with Crippen molar-refractivity contribution in [2.45, 2.75) is 4.21 Å². The summed E-state index contributed by atoms with van der Waals surface area (Å²) in [6.45, 7) is 0. The predicted octanol–water partition coefficient (Wildman–Crippen LogP) is 3.67. The predicted molar refractivity (Wildman–Crippen MR) is 75.9 cm³/mol. The molecule has 0 aliphatic heterocycles. The molecule has 1 heterocycles. The average Bonchev–Trinajstić information content (AvgIpc) is 2.70. The highest BCUT2D eigenvalue weighted by Gasteiger charge is 2.19. The van der Waals surface area contributed by atoms with Crippen LogP contribution in [0, 0.1) is 0 Å². The Balaban J connectivity index is 2.34. The van der Waals surface area contributed by atoms with Gasteiger partial charge in [0.05, 0.1) is 10.7 Å². The molecule has 0 aliphatic carbocycles. The molecule has 18 heavy (non-hydrogen) atoms. The summed E-state index contributed by atoms with van der Waals surface area (Å²) in [7, 11) is -3.65. The van der Waals surface area contributed by atoms with E-state index in [-0.39, 0.29) is 20.7 Å². The van der Waals surface area contributed by atoms with E-state index in [1.165, 1.54) is 18.2 Å². The van der Waals surface area contributed by atoms with Gasteiger partial charge in [-0.2, -0.15) is 0 Å². The molecule has 2 aromatic rings. The Morgan fingerprint density at radius 3 is 2.61 bits per heavy atom. The van der Waals surface area contributed by atoms with E-state index in [4.69, 9.17) is 11.6 Å². The summed E-state index contributed by atoms with van der Waals surface area (Å²) in [5.74, 6) is -0.100. The third-order valence-electron chi connectivity index (χ3n) is 2.03. The maximum Gasteiger partial charge on any atom is 0.272 e. The van der Waals surface area contributed by atoms with Gasteiger partial charge < -0.3 is 5.11 Å². The molecular formula is C10H7BrClNO3S2. The first-order chi connectivity index (χ1) is 8.40. The van der Waals surface area contributed by atoms with Gasteiger partial charge in [-0.15, -0.1) is 11.3 Å². The topological polar surface area (TPSA) is 66.4 Å². The molecule has 4 nitrogen and oxygen atoms in total. The zero-order valence-electron chi connectivity index (χ0n) is 8.72. The van der Waals surface area contributed by atoms with Crippen LogP contribution in [0.4, 0.5) is 5.69 Å². The molecule has 0 bridgehead atoms. The lowest BCUT2D eigenvalue weighted by molar-refractivity contribution is 0.475. The Hall–Kier alpha value is -0.760. The lowest BCUT2D eigenvalue weighted by atomic mass is 10.3. The van der Waals surface area contributed by atoms with Crippen molar-refractivity contribution in [2.75, 3.05) is 4.72 Å². The first-order valence-corrected chi connectivity index (χ1v) is 8.18. The van der Waals surface area contributed by atoms with E-state index in [0.29, 0.717) is 4.47 Å². The second-order valence-corrected chi connectivity index (χ2v) is 7.38. The number of phenolic OH excluding ortho intramolecular Hbond substituents is 1. The highest BCUT2D eigenvalue weighted by molar-refractivity contribution is 9.10. The third-order valence-corrected chi connectivity index (χ3v) is 6.38. The van der Waals surface area contributed by atoms with Gasteiger partial charge in [0.2, 0.25) is 0 Å². The Labute approximate surface area is 121 Å². The smallest absolute Gasteiger partial charge is 0.272 e. The van der Waals surface area contributed by atoms with Crippen LogP contribution < -0.4 is 4.72 Å². The zero-order valence-corrected chi connectivity index (χ0v) is 12.7. The van der Waals surface area contributed by atoms with Gasteiger partial charge in [0.15, 0.2) is 4.21 Å². The summed E-state index contributed by atoms with van der Waals surface area (Å²) in [6, 6.07) is 5.75. The number of hydrogen-bond donors (Lipinski definition) is 2. The van der Waals surface area contributed by atoms with Crippen molar-refractivity contribution in [3.8, 4) is 5.75 Å². The van der Waals surface area contributed by atoms with Crippen LogP contribution in [0.2, 0.25) is 5.02 Å². The van der Waals surface area contributed by atoms with Crippen molar-refractivity contribution in [3.63, 3.8) is 0 Å². The maximum absolute atomic E-state index is 12.0. The molecule has 1 aromatic carbocycles. The van der Waals surface area contributed by atoms with Crippen molar-refractivity contribution in [1.82, 2.24) is 0 Å². The molecule has 0 radical (unpaired) electrons. The number of anilines is 1. The second-order valence-electron chi connectivity index (χ2n) is 3.33. The molecule has 0 atom stereocenters. The Morgan fingerprint density at radius 1 is 1.33 bits per heavy atom. The number of benzene rings is 1. The van der Waals surface area contributed by atoms with E-state index < -0.39 is 10.0 Å². The van der Waals surface area contributed by atoms with E-state index in [0.717, 1.165) is 11.3 Å². The fourth-order valence-electron chi connectivity index (χ4n) is 1.24. The molecule has 8 heteroatoms. The summed E-state index contributed by atoms with van der Waals surface area (Å²) >= 11 is 9.98. The summed E-state index contributed by atoms with van der Waals surface area (Å²) < 4.78 is 27.2. The lowest BCUT2D eigenvalue weighted by Gasteiger charge is -2.07. The first-order valence-electron chi connectivity index (χ1n) is 4.64. The van der Waals surface area contributed by atoms with Gasteiger partial charge in [-0.25, -0.2) is 8.42 Å². The van der Waals surface area contributed by atoms with Gasteiger partial charge in [0.1, 0.15) is 5.75 Å². The van der Waals surface area contributed by atoms with Crippen LogP contribution in [0.15, 0.2) is 38.3 Å². The van der Waals surface area contributed by atoms with E-state index >= 15 is 0 Å². The van der Waals surface area contributed by atoms with Crippen LogP contribution in [0.5, 0.6) is 5.75 Å². The van der Waals surface area contributed by atoms with Crippen molar-refractivity contribution in [1.29, 1.82) is 0 Å². The Morgan fingerprint density at radius 2 is 2.06 bits per heavy atom. The molecule has 0 spiro atoms. The molecule has 0 unspecified atom stereocenters. The molecule has 2 N–H and O–H groups in total. The van der Waals surface area contributed by atoms with Crippen LogP contribution in [-0.2, 0) is 10.0 Å². The zero-order chi connectivity index (χ0) is 13.3. The quantitative estimate of drug-likeness (QED) is 0.812. The molecule has 0 fully saturated rings. The normalized spacial score (nSPS) is 11.4. The number of phenols is 1. The highest BCUT2D eigenvalue weighted by Crippen LogP contribution is 2.31. The minimum atomic E-state index is -3.65. The lowest BCUT2D eigenvalue weighted by Crippen LogP contribution is -2.11. The fraction of sp³-hybridized carbons (Fsp3) is 0. The number of thiophene rings is 1. The first kappa shape index (κ1) is 13.7. The van der Waals surface area contributed by atoms with Gasteiger partial charge >= 0.3 is 0 Å². The monoisotopic (exact) mass is 367 g/mol. The van der Waals surface area contributed by atoms with Crippen molar-refractivity contribution in [2.24, 2.45) is 0 Å². The number of aromatic hydroxyl groups is 1.